The van der Waals surface area contributed by atoms with Crippen molar-refractivity contribution < 1.29 is 0 Å². The number of aryl methyl sites for hydroxylation is 1. The Balaban J connectivity index is 1.57. The molecule has 2 bridgehead atoms. The Labute approximate surface area is 170 Å². The standard InChI is InChI=1S/C22H23N7/c1-15-11-17(13-24-12-15)19-3-4-20-22(27-19)29(18-5-9-28(20)10-6-18)16(2)26-21-14-23-7-8-25-21/h3-4,7-8,11-14,18H,2,5-6,9-10H2,1H3,(H,25,26). The molecule has 0 spiro atoms. The van der Waals surface area contributed by atoms with Gasteiger partial charge >= 0.3 is 0 Å². The molecule has 0 amide bonds. The molecule has 0 radical (unpaired) electrons. The Hall–Kier alpha value is -3.48. The molecule has 29 heavy (non-hydrogen) atoms. The fourth-order valence-corrected chi connectivity index (χ4v) is 4.18. The highest BCUT2D eigenvalue weighted by atomic mass is 15.4. The van der Waals surface area contributed by atoms with Crippen LogP contribution in [-0.2, 0) is 0 Å². The monoisotopic (exact) mass is 385 g/mol. The number of nitrogens with one attached hydrogen (secondary N) is 1. The maximum atomic E-state index is 5.08. The van der Waals surface area contributed by atoms with E-state index in [2.05, 4.69) is 54.8 Å². The molecule has 0 aliphatic carbocycles. The van der Waals surface area contributed by atoms with Gasteiger partial charge in [0.05, 0.1) is 17.6 Å². The maximum absolute atomic E-state index is 5.08. The molecule has 1 fully saturated rings. The second-order valence-electron chi connectivity index (χ2n) is 7.54. The van der Waals surface area contributed by atoms with Crippen molar-refractivity contribution in [3.05, 3.63) is 67.1 Å². The van der Waals surface area contributed by atoms with E-state index in [1.807, 2.05) is 19.3 Å². The van der Waals surface area contributed by atoms with Crippen molar-refractivity contribution in [3.8, 4) is 11.3 Å². The van der Waals surface area contributed by atoms with Gasteiger partial charge in [0.15, 0.2) is 5.82 Å². The SMILES string of the molecule is C=C(Nc1cnccn1)N1c2nc(-c3cncc(C)c3)ccc2N2CCC1CC2. The summed E-state index contributed by atoms with van der Waals surface area (Å²) in [7, 11) is 0. The van der Waals surface area contributed by atoms with E-state index in [0.717, 1.165) is 60.1 Å². The largest absolute Gasteiger partial charge is 0.368 e. The van der Waals surface area contributed by atoms with E-state index >= 15 is 0 Å². The van der Waals surface area contributed by atoms with E-state index in [1.54, 1.807) is 18.6 Å². The summed E-state index contributed by atoms with van der Waals surface area (Å²) in [6.45, 7) is 8.42. The van der Waals surface area contributed by atoms with Gasteiger partial charge in [-0.2, -0.15) is 0 Å². The lowest BCUT2D eigenvalue weighted by Crippen LogP contribution is -2.41. The van der Waals surface area contributed by atoms with E-state index < -0.39 is 0 Å². The van der Waals surface area contributed by atoms with Gasteiger partial charge in [0.25, 0.3) is 0 Å². The number of hydrogen-bond acceptors (Lipinski definition) is 7. The lowest BCUT2D eigenvalue weighted by atomic mass is 10.1. The summed E-state index contributed by atoms with van der Waals surface area (Å²) in [6, 6.07) is 6.73. The molecular formula is C22H23N7. The normalized spacial score (nSPS) is 15.8. The van der Waals surface area contributed by atoms with Crippen molar-refractivity contribution in [2.45, 2.75) is 25.8 Å². The van der Waals surface area contributed by atoms with Gasteiger partial charge in [-0.3, -0.25) is 9.97 Å². The Bertz CT molecular complexity index is 1040. The minimum absolute atomic E-state index is 0.350. The number of nitrogens with zero attached hydrogens (tertiary/aromatic N) is 6. The Kier molecular flexibility index (Phi) is 4.35. The molecule has 0 aromatic carbocycles. The fourth-order valence-electron chi connectivity index (χ4n) is 4.18. The number of fused-ring (bicyclic) bond motifs is 2. The first-order valence-corrected chi connectivity index (χ1v) is 9.88. The van der Waals surface area contributed by atoms with Crippen molar-refractivity contribution in [2.75, 3.05) is 28.2 Å². The highest BCUT2D eigenvalue weighted by Gasteiger charge is 2.35. The first-order valence-electron chi connectivity index (χ1n) is 9.88. The molecule has 1 saturated heterocycles. The molecule has 0 saturated carbocycles. The minimum Gasteiger partial charge on any atom is -0.368 e. The zero-order valence-corrected chi connectivity index (χ0v) is 16.4. The van der Waals surface area contributed by atoms with E-state index in [0.29, 0.717) is 11.9 Å². The molecule has 6 heterocycles. The van der Waals surface area contributed by atoms with Gasteiger partial charge in [-0.05, 0) is 43.5 Å². The summed E-state index contributed by atoms with van der Waals surface area (Å²) in [4.78, 5) is 22.5. The molecule has 0 atom stereocenters. The first kappa shape index (κ1) is 17.6. The van der Waals surface area contributed by atoms with Crippen LogP contribution < -0.4 is 15.1 Å². The Morgan fingerprint density at radius 2 is 1.97 bits per heavy atom. The summed E-state index contributed by atoms with van der Waals surface area (Å²) < 4.78 is 0. The predicted octanol–water partition coefficient (Wildman–Crippen LogP) is 3.61. The van der Waals surface area contributed by atoms with Crippen LogP contribution in [0.5, 0.6) is 0 Å². The topological polar surface area (TPSA) is 70.1 Å². The molecule has 7 heteroatoms. The van der Waals surface area contributed by atoms with Crippen molar-refractivity contribution in [3.63, 3.8) is 0 Å². The third-order valence-corrected chi connectivity index (χ3v) is 5.55. The van der Waals surface area contributed by atoms with E-state index in [1.165, 1.54) is 0 Å². The summed E-state index contributed by atoms with van der Waals surface area (Å²) >= 11 is 0. The van der Waals surface area contributed by atoms with E-state index in [4.69, 9.17) is 4.98 Å². The van der Waals surface area contributed by atoms with E-state index in [-0.39, 0.29) is 0 Å². The predicted molar refractivity (Wildman–Crippen MR) is 115 cm³/mol. The van der Waals surface area contributed by atoms with Crippen LogP contribution in [0.3, 0.4) is 0 Å². The van der Waals surface area contributed by atoms with Crippen LogP contribution in [0.15, 0.2) is 61.6 Å². The number of anilines is 3. The van der Waals surface area contributed by atoms with Crippen LogP contribution in [-0.4, -0.2) is 39.1 Å². The van der Waals surface area contributed by atoms with Gasteiger partial charge in [-0.25, -0.2) is 9.97 Å². The van der Waals surface area contributed by atoms with Crippen molar-refractivity contribution in [2.24, 2.45) is 0 Å². The van der Waals surface area contributed by atoms with Crippen LogP contribution in [0.2, 0.25) is 0 Å². The Morgan fingerprint density at radius 1 is 1.10 bits per heavy atom. The molecule has 7 nitrogen and oxygen atoms in total. The first-order chi connectivity index (χ1) is 14.2. The maximum Gasteiger partial charge on any atom is 0.158 e. The highest BCUT2D eigenvalue weighted by molar-refractivity contribution is 5.76. The number of piperidine rings is 1. The average molecular weight is 385 g/mol. The highest BCUT2D eigenvalue weighted by Crippen LogP contribution is 2.40. The van der Waals surface area contributed by atoms with Crippen LogP contribution in [0, 0.1) is 6.92 Å². The van der Waals surface area contributed by atoms with Gasteiger partial charge in [0, 0.05) is 49.5 Å². The molecular weight excluding hydrogens is 362 g/mol. The number of pyridine rings is 2. The fraction of sp³-hybridized carbons (Fsp3) is 0.273. The van der Waals surface area contributed by atoms with Crippen LogP contribution in [0.25, 0.3) is 11.3 Å². The number of rotatable bonds is 4. The minimum atomic E-state index is 0.350. The van der Waals surface area contributed by atoms with Gasteiger partial charge in [0.1, 0.15) is 11.6 Å². The molecule has 146 valence electrons. The Morgan fingerprint density at radius 3 is 2.72 bits per heavy atom. The number of aromatic nitrogens is 4. The third kappa shape index (κ3) is 3.29. The molecule has 6 rings (SSSR count). The lowest BCUT2D eigenvalue weighted by Gasteiger charge is -2.34. The smallest absolute Gasteiger partial charge is 0.158 e. The van der Waals surface area contributed by atoms with Crippen molar-refractivity contribution in [1.82, 2.24) is 19.9 Å². The van der Waals surface area contributed by atoms with Crippen LogP contribution in [0.4, 0.5) is 17.3 Å². The zero-order valence-electron chi connectivity index (χ0n) is 16.4. The van der Waals surface area contributed by atoms with Crippen molar-refractivity contribution >= 4 is 17.3 Å². The molecule has 3 aliphatic heterocycles. The molecule has 1 N–H and O–H groups in total. The lowest BCUT2D eigenvalue weighted by molar-refractivity contribution is 0.500. The van der Waals surface area contributed by atoms with Gasteiger partial charge < -0.3 is 15.1 Å². The number of hydrogen-bond donors (Lipinski definition) is 1. The van der Waals surface area contributed by atoms with Crippen molar-refractivity contribution in [1.29, 1.82) is 0 Å². The zero-order chi connectivity index (χ0) is 19.8. The van der Waals surface area contributed by atoms with Gasteiger partial charge in [0.2, 0.25) is 0 Å². The molecule has 3 aliphatic rings. The third-order valence-electron chi connectivity index (χ3n) is 5.55. The second kappa shape index (κ2) is 7.16. The average Bonchev–Trinajstić information content (AvgIpc) is 3.00. The molecule has 0 unspecified atom stereocenters. The summed E-state index contributed by atoms with van der Waals surface area (Å²) in [5.41, 5.74) is 4.21. The van der Waals surface area contributed by atoms with Crippen LogP contribution in [0.1, 0.15) is 18.4 Å². The quantitative estimate of drug-likeness (QED) is 0.735. The van der Waals surface area contributed by atoms with Gasteiger partial charge in [-0.15, -0.1) is 0 Å². The summed E-state index contributed by atoms with van der Waals surface area (Å²) in [6.07, 6.45) is 10.9. The van der Waals surface area contributed by atoms with Gasteiger partial charge in [-0.1, -0.05) is 6.58 Å². The second-order valence-corrected chi connectivity index (χ2v) is 7.54. The summed E-state index contributed by atoms with van der Waals surface area (Å²) in [5.74, 6) is 2.38. The van der Waals surface area contributed by atoms with E-state index in [9.17, 15) is 0 Å². The molecule has 3 aromatic heterocycles. The summed E-state index contributed by atoms with van der Waals surface area (Å²) in [5, 5.41) is 3.32. The molecule has 3 aromatic rings. The van der Waals surface area contributed by atoms with Crippen LogP contribution >= 0.6 is 0 Å².